The molecule has 0 heterocycles. The monoisotopic (exact) mass is 244 g/mol. The van der Waals surface area contributed by atoms with E-state index in [1.165, 1.54) is 6.07 Å². The van der Waals surface area contributed by atoms with Gasteiger partial charge in [0.1, 0.15) is 0 Å². The van der Waals surface area contributed by atoms with Crippen LogP contribution in [0.25, 0.3) is 0 Å². The maximum absolute atomic E-state index is 10.5. The predicted octanol–water partition coefficient (Wildman–Crippen LogP) is 2.38. The van der Waals surface area contributed by atoms with Gasteiger partial charge in [-0.25, -0.2) is 0 Å². The Morgan fingerprint density at radius 2 is 2.23 bits per heavy atom. The van der Waals surface area contributed by atoms with Crippen LogP contribution in [0.5, 0.6) is 0 Å². The molecule has 0 aliphatic carbocycles. The number of hydrogen-bond donors (Lipinski definition) is 1. The molecule has 70 valence electrons. The molecule has 0 unspecified atom stereocenters. The zero-order valence-corrected chi connectivity index (χ0v) is 8.61. The van der Waals surface area contributed by atoms with E-state index in [0.29, 0.717) is 4.47 Å². The van der Waals surface area contributed by atoms with Gasteiger partial charge < -0.3 is 5.73 Å². The molecule has 1 aromatic rings. The summed E-state index contributed by atoms with van der Waals surface area (Å²) in [5, 5.41) is 10.5. The van der Waals surface area contributed by atoms with Crippen molar-refractivity contribution in [3.8, 4) is 0 Å². The van der Waals surface area contributed by atoms with Crippen molar-refractivity contribution in [1.29, 1.82) is 0 Å². The van der Waals surface area contributed by atoms with Crippen LogP contribution in [0, 0.1) is 10.1 Å². The quantitative estimate of drug-likeness (QED) is 0.642. The fraction of sp³-hybridized carbons (Fsp3) is 0.250. The lowest BCUT2D eigenvalue weighted by molar-refractivity contribution is -0.385. The van der Waals surface area contributed by atoms with Crippen molar-refractivity contribution in [3.05, 3.63) is 38.3 Å². The Balaban J connectivity index is 3.26. The molecule has 13 heavy (non-hydrogen) atoms. The normalized spacial score (nSPS) is 12.5. The van der Waals surface area contributed by atoms with Crippen molar-refractivity contribution in [1.82, 2.24) is 0 Å². The number of benzene rings is 1. The number of nitro groups is 1. The fourth-order valence-electron chi connectivity index (χ4n) is 1.03. The second-order valence-electron chi connectivity index (χ2n) is 2.73. The molecule has 0 saturated heterocycles. The fourth-order valence-corrected chi connectivity index (χ4v) is 1.80. The van der Waals surface area contributed by atoms with E-state index in [1.54, 1.807) is 19.1 Å². The van der Waals surface area contributed by atoms with Crippen molar-refractivity contribution in [2.45, 2.75) is 13.0 Å². The molecule has 0 radical (unpaired) electrons. The first kappa shape index (κ1) is 10.1. The molecule has 2 N–H and O–H groups in total. The van der Waals surface area contributed by atoms with Crippen LogP contribution >= 0.6 is 15.9 Å². The first-order valence-corrected chi connectivity index (χ1v) is 4.51. The minimum Gasteiger partial charge on any atom is -0.324 e. The summed E-state index contributed by atoms with van der Waals surface area (Å²) in [6.07, 6.45) is 0. The number of halogens is 1. The molecule has 0 aromatic heterocycles. The van der Waals surface area contributed by atoms with Gasteiger partial charge in [-0.05, 0) is 28.4 Å². The summed E-state index contributed by atoms with van der Waals surface area (Å²) < 4.78 is 0.468. The maximum atomic E-state index is 10.5. The van der Waals surface area contributed by atoms with Crippen molar-refractivity contribution in [2.24, 2.45) is 5.73 Å². The summed E-state index contributed by atoms with van der Waals surface area (Å²) >= 11 is 3.16. The van der Waals surface area contributed by atoms with Crippen molar-refractivity contribution < 1.29 is 4.92 Å². The molecule has 0 aliphatic heterocycles. The molecule has 0 saturated carbocycles. The third-order valence-electron chi connectivity index (χ3n) is 1.70. The summed E-state index contributed by atoms with van der Waals surface area (Å²) in [6.45, 7) is 1.78. The van der Waals surface area contributed by atoms with Gasteiger partial charge in [0.15, 0.2) is 0 Å². The number of hydrogen-bond acceptors (Lipinski definition) is 3. The Labute approximate surface area is 84.0 Å². The lowest BCUT2D eigenvalue weighted by atomic mass is 10.1. The van der Waals surface area contributed by atoms with Crippen LogP contribution in [0.2, 0.25) is 0 Å². The standard InChI is InChI=1S/C8H9BrN2O2/c1-5(10)6-3-2-4-7(8(6)9)11(12)13/h2-5H,10H2,1H3/t5-/m0/s1. The van der Waals surface area contributed by atoms with E-state index in [9.17, 15) is 10.1 Å². The van der Waals surface area contributed by atoms with Crippen LogP contribution in [0.15, 0.2) is 22.7 Å². The van der Waals surface area contributed by atoms with E-state index >= 15 is 0 Å². The van der Waals surface area contributed by atoms with Gasteiger partial charge in [0.25, 0.3) is 5.69 Å². The summed E-state index contributed by atoms with van der Waals surface area (Å²) in [7, 11) is 0. The molecule has 0 amide bonds. The van der Waals surface area contributed by atoms with Crippen molar-refractivity contribution >= 4 is 21.6 Å². The highest BCUT2D eigenvalue weighted by atomic mass is 79.9. The molecule has 4 nitrogen and oxygen atoms in total. The topological polar surface area (TPSA) is 69.2 Å². The van der Waals surface area contributed by atoms with Gasteiger partial charge in [0.05, 0.1) is 9.40 Å². The second-order valence-corrected chi connectivity index (χ2v) is 3.52. The van der Waals surface area contributed by atoms with Gasteiger partial charge in [-0.15, -0.1) is 0 Å². The molecule has 0 aliphatic rings. The van der Waals surface area contributed by atoms with Crippen molar-refractivity contribution in [3.63, 3.8) is 0 Å². The summed E-state index contributed by atoms with van der Waals surface area (Å²) in [4.78, 5) is 10.1. The molecule has 0 fully saturated rings. The maximum Gasteiger partial charge on any atom is 0.283 e. The number of nitrogens with two attached hydrogens (primary N) is 1. The average Bonchev–Trinajstić information content (AvgIpc) is 2.03. The van der Waals surface area contributed by atoms with Gasteiger partial charge in [-0.3, -0.25) is 10.1 Å². The molecular formula is C8H9BrN2O2. The second kappa shape index (κ2) is 3.85. The highest BCUT2D eigenvalue weighted by Crippen LogP contribution is 2.30. The summed E-state index contributed by atoms with van der Waals surface area (Å²) in [6, 6.07) is 4.62. The van der Waals surface area contributed by atoms with Gasteiger partial charge in [-0.1, -0.05) is 12.1 Å². The minimum atomic E-state index is -0.435. The minimum absolute atomic E-state index is 0.0507. The van der Waals surface area contributed by atoms with E-state index in [2.05, 4.69) is 15.9 Å². The van der Waals surface area contributed by atoms with Crippen LogP contribution < -0.4 is 5.73 Å². The van der Waals surface area contributed by atoms with E-state index in [1.807, 2.05) is 0 Å². The van der Waals surface area contributed by atoms with Gasteiger partial charge in [0.2, 0.25) is 0 Å². The van der Waals surface area contributed by atoms with Gasteiger partial charge >= 0.3 is 0 Å². The zero-order valence-electron chi connectivity index (χ0n) is 7.03. The highest BCUT2D eigenvalue weighted by Gasteiger charge is 2.16. The zero-order chi connectivity index (χ0) is 10.0. The third-order valence-corrected chi connectivity index (χ3v) is 2.56. The molecule has 1 atom stereocenters. The first-order valence-electron chi connectivity index (χ1n) is 3.72. The number of rotatable bonds is 2. The van der Waals surface area contributed by atoms with Crippen LogP contribution in [0.3, 0.4) is 0 Å². The third kappa shape index (κ3) is 2.05. The highest BCUT2D eigenvalue weighted by molar-refractivity contribution is 9.10. The Hall–Kier alpha value is -0.940. The summed E-state index contributed by atoms with van der Waals surface area (Å²) in [5.41, 5.74) is 6.43. The average molecular weight is 245 g/mol. The van der Waals surface area contributed by atoms with E-state index < -0.39 is 4.92 Å². The predicted molar refractivity (Wildman–Crippen MR) is 53.4 cm³/mol. The Kier molecular flexibility index (Phi) is 3.00. The van der Waals surface area contributed by atoms with Crippen LogP contribution in [-0.4, -0.2) is 4.92 Å². The summed E-state index contributed by atoms with van der Waals surface area (Å²) in [5.74, 6) is 0. The van der Waals surface area contributed by atoms with Crippen LogP contribution in [0.4, 0.5) is 5.69 Å². The Morgan fingerprint density at radius 3 is 2.69 bits per heavy atom. The molecule has 0 bridgehead atoms. The Bertz CT molecular complexity index is 339. The molecule has 0 spiro atoms. The first-order chi connectivity index (χ1) is 6.04. The number of nitrogens with zero attached hydrogens (tertiary/aromatic N) is 1. The smallest absolute Gasteiger partial charge is 0.283 e. The van der Waals surface area contributed by atoms with E-state index in [4.69, 9.17) is 5.73 Å². The lowest BCUT2D eigenvalue weighted by Gasteiger charge is -2.07. The van der Waals surface area contributed by atoms with Crippen LogP contribution in [-0.2, 0) is 0 Å². The van der Waals surface area contributed by atoms with E-state index in [-0.39, 0.29) is 11.7 Å². The largest absolute Gasteiger partial charge is 0.324 e. The Morgan fingerprint density at radius 1 is 1.62 bits per heavy atom. The molecule has 1 rings (SSSR count). The SMILES string of the molecule is C[C@H](N)c1cccc([N+](=O)[O-])c1Br. The molecule has 1 aromatic carbocycles. The molecule has 5 heteroatoms. The van der Waals surface area contributed by atoms with E-state index in [0.717, 1.165) is 5.56 Å². The van der Waals surface area contributed by atoms with Gasteiger partial charge in [-0.2, -0.15) is 0 Å². The van der Waals surface area contributed by atoms with Gasteiger partial charge in [0, 0.05) is 12.1 Å². The number of nitro benzene ring substituents is 1. The van der Waals surface area contributed by atoms with Crippen molar-refractivity contribution in [2.75, 3.05) is 0 Å². The lowest BCUT2D eigenvalue weighted by Crippen LogP contribution is -2.06. The molecular weight excluding hydrogens is 236 g/mol. The van der Waals surface area contributed by atoms with Crippen LogP contribution in [0.1, 0.15) is 18.5 Å².